The Balaban J connectivity index is 2.71. The van der Waals surface area contributed by atoms with E-state index in [2.05, 4.69) is 5.32 Å². The van der Waals surface area contributed by atoms with Gasteiger partial charge < -0.3 is 15.2 Å². The summed E-state index contributed by atoms with van der Waals surface area (Å²) in [6.45, 7) is 3.31. The van der Waals surface area contributed by atoms with Gasteiger partial charge in [0.1, 0.15) is 5.75 Å². The van der Waals surface area contributed by atoms with Gasteiger partial charge >= 0.3 is 5.97 Å². The number of carbonyl (C=O) groups excluding carboxylic acids is 1. The van der Waals surface area contributed by atoms with Crippen molar-refractivity contribution in [2.45, 2.75) is 20.3 Å². The third-order valence-electron chi connectivity index (χ3n) is 2.61. The van der Waals surface area contributed by atoms with Crippen LogP contribution >= 0.6 is 11.6 Å². The third-order valence-corrected chi connectivity index (χ3v) is 2.91. The first-order valence-corrected chi connectivity index (χ1v) is 6.26. The Labute approximate surface area is 116 Å². The summed E-state index contributed by atoms with van der Waals surface area (Å²) in [4.78, 5) is 22.1. The van der Waals surface area contributed by atoms with E-state index in [9.17, 15) is 9.59 Å². The molecule has 0 aliphatic carbocycles. The molecular formula is C13H16ClNO4. The quantitative estimate of drug-likeness (QED) is 0.843. The van der Waals surface area contributed by atoms with E-state index in [1.165, 1.54) is 12.1 Å². The van der Waals surface area contributed by atoms with Gasteiger partial charge in [-0.3, -0.25) is 4.79 Å². The molecule has 104 valence electrons. The van der Waals surface area contributed by atoms with Crippen LogP contribution < -0.4 is 10.1 Å². The summed E-state index contributed by atoms with van der Waals surface area (Å²) in [6.07, 6.45) is 0.749. The largest absolute Gasteiger partial charge is 0.480 e. The van der Waals surface area contributed by atoms with Crippen molar-refractivity contribution in [1.82, 2.24) is 0 Å². The second kappa shape index (κ2) is 6.99. The molecule has 0 aromatic heterocycles. The van der Waals surface area contributed by atoms with Crippen molar-refractivity contribution in [3.05, 3.63) is 23.2 Å². The lowest BCUT2D eigenvalue weighted by Gasteiger charge is -2.11. The first-order chi connectivity index (χ1) is 8.93. The highest BCUT2D eigenvalue weighted by atomic mass is 35.5. The van der Waals surface area contributed by atoms with Crippen LogP contribution in [0.1, 0.15) is 20.3 Å². The minimum absolute atomic E-state index is 0.0817. The van der Waals surface area contributed by atoms with E-state index >= 15 is 0 Å². The molecule has 19 heavy (non-hydrogen) atoms. The molecule has 0 saturated heterocycles. The van der Waals surface area contributed by atoms with Gasteiger partial charge in [-0.15, -0.1) is 0 Å². The fourth-order valence-corrected chi connectivity index (χ4v) is 1.52. The van der Waals surface area contributed by atoms with Crippen LogP contribution in [-0.2, 0) is 9.59 Å². The van der Waals surface area contributed by atoms with Gasteiger partial charge in [-0.05, 0) is 24.6 Å². The normalized spacial score (nSPS) is 11.7. The minimum atomic E-state index is -1.08. The van der Waals surface area contributed by atoms with Gasteiger partial charge in [0, 0.05) is 11.6 Å². The molecule has 0 fully saturated rings. The third kappa shape index (κ3) is 4.79. The van der Waals surface area contributed by atoms with Crippen molar-refractivity contribution in [3.63, 3.8) is 0 Å². The maximum atomic E-state index is 11.7. The molecule has 1 aromatic carbocycles. The molecule has 1 unspecified atom stereocenters. The average Bonchev–Trinajstić information content (AvgIpc) is 2.36. The molecule has 0 radical (unpaired) electrons. The molecule has 5 nitrogen and oxygen atoms in total. The summed E-state index contributed by atoms with van der Waals surface area (Å²) in [5.41, 5.74) is 0.554. The van der Waals surface area contributed by atoms with Gasteiger partial charge in [-0.25, -0.2) is 4.79 Å². The van der Waals surface area contributed by atoms with Gasteiger partial charge in [-0.1, -0.05) is 25.4 Å². The van der Waals surface area contributed by atoms with E-state index in [-0.39, 0.29) is 22.6 Å². The number of anilines is 1. The van der Waals surface area contributed by atoms with Crippen molar-refractivity contribution < 1.29 is 19.4 Å². The van der Waals surface area contributed by atoms with Crippen molar-refractivity contribution in [3.8, 4) is 5.75 Å². The molecule has 2 N–H and O–H groups in total. The maximum absolute atomic E-state index is 11.7. The van der Waals surface area contributed by atoms with Crippen LogP contribution in [-0.4, -0.2) is 23.6 Å². The number of rotatable bonds is 6. The monoisotopic (exact) mass is 285 g/mol. The van der Waals surface area contributed by atoms with Gasteiger partial charge in [0.2, 0.25) is 5.91 Å². The topological polar surface area (TPSA) is 75.6 Å². The van der Waals surface area contributed by atoms with E-state index in [4.69, 9.17) is 21.4 Å². The molecule has 1 rings (SSSR count). The number of carbonyl (C=O) groups is 2. The number of amides is 1. The lowest BCUT2D eigenvalue weighted by Crippen LogP contribution is -2.19. The SMILES string of the molecule is CCC(C)C(=O)Nc1ccc(OCC(=O)O)c(Cl)c1. The molecule has 6 heteroatoms. The highest BCUT2D eigenvalue weighted by molar-refractivity contribution is 6.32. The van der Waals surface area contributed by atoms with E-state index in [0.29, 0.717) is 5.69 Å². The lowest BCUT2D eigenvalue weighted by atomic mass is 10.1. The summed E-state index contributed by atoms with van der Waals surface area (Å²) < 4.78 is 4.98. The number of nitrogens with one attached hydrogen (secondary N) is 1. The Bertz CT molecular complexity index is 476. The number of halogens is 1. The Kier molecular flexibility index (Phi) is 5.63. The molecule has 0 aliphatic rings. The molecular weight excluding hydrogens is 270 g/mol. The van der Waals surface area contributed by atoms with Crippen LogP contribution in [0.5, 0.6) is 5.75 Å². The maximum Gasteiger partial charge on any atom is 0.341 e. The smallest absolute Gasteiger partial charge is 0.341 e. The minimum Gasteiger partial charge on any atom is -0.480 e. The predicted molar refractivity (Wildman–Crippen MR) is 72.7 cm³/mol. The lowest BCUT2D eigenvalue weighted by molar-refractivity contribution is -0.139. The van der Waals surface area contributed by atoms with E-state index in [1.54, 1.807) is 6.07 Å². The first kappa shape index (κ1) is 15.3. The Morgan fingerprint density at radius 3 is 2.68 bits per heavy atom. The molecule has 0 heterocycles. The van der Waals surface area contributed by atoms with E-state index in [0.717, 1.165) is 6.42 Å². The number of carboxylic acids is 1. The van der Waals surface area contributed by atoms with Crippen molar-refractivity contribution in [2.24, 2.45) is 5.92 Å². The molecule has 1 amide bonds. The molecule has 1 atom stereocenters. The molecule has 0 saturated carbocycles. The van der Waals surface area contributed by atoms with Gasteiger partial charge in [0.15, 0.2) is 6.61 Å². The number of carboxylic acid groups (broad SMARTS) is 1. The number of benzene rings is 1. The van der Waals surface area contributed by atoms with Crippen LogP contribution in [0, 0.1) is 5.92 Å². The molecule has 0 spiro atoms. The zero-order valence-corrected chi connectivity index (χ0v) is 11.5. The summed E-state index contributed by atoms with van der Waals surface area (Å²) in [7, 11) is 0. The zero-order valence-electron chi connectivity index (χ0n) is 10.8. The van der Waals surface area contributed by atoms with E-state index in [1.807, 2.05) is 13.8 Å². The van der Waals surface area contributed by atoms with Crippen LogP contribution in [0.4, 0.5) is 5.69 Å². The zero-order chi connectivity index (χ0) is 14.4. The van der Waals surface area contributed by atoms with Crippen molar-refractivity contribution in [2.75, 3.05) is 11.9 Å². The number of hydrogen-bond acceptors (Lipinski definition) is 3. The van der Waals surface area contributed by atoms with Gasteiger partial charge in [0.05, 0.1) is 5.02 Å². The second-order valence-electron chi connectivity index (χ2n) is 4.13. The predicted octanol–water partition coefficient (Wildman–Crippen LogP) is 2.79. The number of hydrogen-bond donors (Lipinski definition) is 2. The van der Waals surface area contributed by atoms with Crippen LogP contribution in [0.25, 0.3) is 0 Å². The fraction of sp³-hybridized carbons (Fsp3) is 0.385. The first-order valence-electron chi connectivity index (χ1n) is 5.89. The molecule has 0 bridgehead atoms. The summed E-state index contributed by atoms with van der Waals surface area (Å²) in [5.74, 6) is -0.977. The fourth-order valence-electron chi connectivity index (χ4n) is 1.29. The molecule has 0 aliphatic heterocycles. The highest BCUT2D eigenvalue weighted by Crippen LogP contribution is 2.27. The van der Waals surface area contributed by atoms with Crippen molar-refractivity contribution in [1.29, 1.82) is 0 Å². The van der Waals surface area contributed by atoms with Crippen LogP contribution in [0.2, 0.25) is 5.02 Å². The Morgan fingerprint density at radius 1 is 1.47 bits per heavy atom. The van der Waals surface area contributed by atoms with E-state index < -0.39 is 12.6 Å². The summed E-state index contributed by atoms with van der Waals surface area (Å²) >= 11 is 5.94. The Hall–Kier alpha value is -1.75. The molecule has 1 aromatic rings. The number of ether oxygens (including phenoxy) is 1. The van der Waals surface area contributed by atoms with Crippen LogP contribution in [0.3, 0.4) is 0 Å². The summed E-state index contributed by atoms with van der Waals surface area (Å²) in [6, 6.07) is 4.67. The second-order valence-corrected chi connectivity index (χ2v) is 4.53. The Morgan fingerprint density at radius 2 is 2.16 bits per heavy atom. The summed E-state index contributed by atoms with van der Waals surface area (Å²) in [5, 5.41) is 11.5. The van der Waals surface area contributed by atoms with Crippen molar-refractivity contribution >= 4 is 29.2 Å². The average molecular weight is 286 g/mol. The van der Waals surface area contributed by atoms with Gasteiger partial charge in [-0.2, -0.15) is 0 Å². The number of aliphatic carboxylic acids is 1. The standard InChI is InChI=1S/C13H16ClNO4/c1-3-8(2)13(18)15-9-4-5-11(10(14)6-9)19-7-12(16)17/h4-6,8H,3,7H2,1-2H3,(H,15,18)(H,16,17). The van der Waals surface area contributed by atoms with Crippen LogP contribution in [0.15, 0.2) is 18.2 Å². The highest BCUT2D eigenvalue weighted by Gasteiger charge is 2.12. The van der Waals surface area contributed by atoms with Gasteiger partial charge in [0.25, 0.3) is 0 Å².